The van der Waals surface area contributed by atoms with Gasteiger partial charge in [-0.05, 0) is 38.0 Å². The van der Waals surface area contributed by atoms with Gasteiger partial charge in [0, 0.05) is 10.6 Å². The zero-order chi connectivity index (χ0) is 10.2. The molecule has 0 amide bonds. The SMILES string of the molecule is Cc1cc(Cl)c(C)c(C(C)O)c1F. The lowest BCUT2D eigenvalue weighted by atomic mass is 10.0. The second-order valence-corrected chi connectivity index (χ2v) is 3.61. The number of aryl methyl sites for hydroxylation is 1. The molecule has 0 aliphatic rings. The van der Waals surface area contributed by atoms with Gasteiger partial charge in [0.25, 0.3) is 0 Å². The summed E-state index contributed by atoms with van der Waals surface area (Å²) in [5, 5.41) is 9.83. The molecule has 72 valence electrons. The topological polar surface area (TPSA) is 20.2 Å². The van der Waals surface area contributed by atoms with E-state index < -0.39 is 6.10 Å². The van der Waals surface area contributed by atoms with Crippen molar-refractivity contribution < 1.29 is 9.50 Å². The Labute approximate surface area is 82.2 Å². The predicted octanol–water partition coefficient (Wildman–Crippen LogP) is 3.15. The van der Waals surface area contributed by atoms with Gasteiger partial charge >= 0.3 is 0 Å². The fourth-order valence-electron chi connectivity index (χ4n) is 1.36. The van der Waals surface area contributed by atoms with Gasteiger partial charge in [-0.15, -0.1) is 0 Å². The van der Waals surface area contributed by atoms with Crippen molar-refractivity contribution in [1.82, 2.24) is 0 Å². The summed E-state index contributed by atoms with van der Waals surface area (Å²) in [7, 11) is 0. The van der Waals surface area contributed by atoms with Crippen LogP contribution in [0.4, 0.5) is 4.39 Å². The van der Waals surface area contributed by atoms with Gasteiger partial charge in [-0.3, -0.25) is 0 Å². The molecule has 0 radical (unpaired) electrons. The molecule has 0 heterocycles. The fourth-order valence-corrected chi connectivity index (χ4v) is 1.63. The van der Waals surface area contributed by atoms with Crippen LogP contribution in [0.1, 0.15) is 29.7 Å². The summed E-state index contributed by atoms with van der Waals surface area (Å²) in [5.74, 6) is -0.364. The molecule has 0 bridgehead atoms. The Morgan fingerprint density at radius 2 is 2.00 bits per heavy atom. The maximum atomic E-state index is 13.5. The van der Waals surface area contributed by atoms with Crippen LogP contribution in [-0.2, 0) is 0 Å². The van der Waals surface area contributed by atoms with Crippen molar-refractivity contribution in [3.05, 3.63) is 33.6 Å². The third-order valence-corrected chi connectivity index (χ3v) is 2.50. The monoisotopic (exact) mass is 202 g/mol. The van der Waals surface area contributed by atoms with Crippen molar-refractivity contribution in [1.29, 1.82) is 0 Å². The summed E-state index contributed by atoms with van der Waals surface area (Å²) in [6.07, 6.45) is -0.822. The zero-order valence-electron chi connectivity index (χ0n) is 7.86. The molecular formula is C10H12ClFO. The van der Waals surface area contributed by atoms with Crippen LogP contribution in [0.2, 0.25) is 5.02 Å². The number of rotatable bonds is 1. The standard InChI is InChI=1S/C10H12ClFO/c1-5-4-8(11)6(2)9(7(3)13)10(5)12/h4,7,13H,1-3H3. The van der Waals surface area contributed by atoms with Gasteiger partial charge < -0.3 is 5.11 Å². The van der Waals surface area contributed by atoms with Gasteiger partial charge in [0.05, 0.1) is 6.10 Å². The minimum absolute atomic E-state index is 0.296. The second-order valence-electron chi connectivity index (χ2n) is 3.20. The average molecular weight is 203 g/mol. The predicted molar refractivity (Wildman–Crippen MR) is 51.5 cm³/mol. The average Bonchev–Trinajstić information content (AvgIpc) is 2.01. The maximum absolute atomic E-state index is 13.5. The normalized spacial score (nSPS) is 13.1. The lowest BCUT2D eigenvalue weighted by Gasteiger charge is -2.13. The van der Waals surface area contributed by atoms with E-state index >= 15 is 0 Å². The van der Waals surface area contributed by atoms with E-state index in [0.717, 1.165) is 0 Å². The highest BCUT2D eigenvalue weighted by molar-refractivity contribution is 6.31. The molecule has 1 aromatic rings. The Morgan fingerprint density at radius 1 is 1.46 bits per heavy atom. The highest BCUT2D eigenvalue weighted by Crippen LogP contribution is 2.29. The van der Waals surface area contributed by atoms with Gasteiger partial charge in [0.1, 0.15) is 5.82 Å². The molecule has 0 saturated heterocycles. The molecule has 1 unspecified atom stereocenters. The van der Waals surface area contributed by atoms with E-state index in [4.69, 9.17) is 11.6 Å². The minimum Gasteiger partial charge on any atom is -0.389 e. The Balaban J connectivity index is 3.46. The number of halogens is 2. The molecule has 1 N–H and O–H groups in total. The van der Waals surface area contributed by atoms with Crippen LogP contribution >= 0.6 is 11.6 Å². The minimum atomic E-state index is -0.822. The van der Waals surface area contributed by atoms with Crippen LogP contribution in [0.25, 0.3) is 0 Å². The number of aliphatic hydroxyl groups excluding tert-OH is 1. The van der Waals surface area contributed by atoms with Crippen LogP contribution in [0.3, 0.4) is 0 Å². The van der Waals surface area contributed by atoms with Crippen molar-refractivity contribution in [2.75, 3.05) is 0 Å². The summed E-state index contributed by atoms with van der Waals surface area (Å²) < 4.78 is 13.5. The summed E-state index contributed by atoms with van der Waals surface area (Å²) in [6.45, 7) is 4.86. The van der Waals surface area contributed by atoms with Crippen LogP contribution in [-0.4, -0.2) is 5.11 Å². The summed E-state index contributed by atoms with van der Waals surface area (Å²) in [6, 6.07) is 1.57. The lowest BCUT2D eigenvalue weighted by Crippen LogP contribution is -2.02. The quantitative estimate of drug-likeness (QED) is 0.742. The molecule has 0 saturated carbocycles. The zero-order valence-corrected chi connectivity index (χ0v) is 8.61. The Hall–Kier alpha value is -0.600. The van der Waals surface area contributed by atoms with E-state index in [2.05, 4.69) is 0 Å². The Bertz CT molecular complexity index is 308. The molecule has 0 spiro atoms. The van der Waals surface area contributed by atoms with Crippen LogP contribution in [0, 0.1) is 19.7 Å². The molecular weight excluding hydrogens is 191 g/mol. The van der Waals surface area contributed by atoms with Gasteiger partial charge in [0.15, 0.2) is 0 Å². The molecule has 0 fully saturated rings. The van der Waals surface area contributed by atoms with Gasteiger partial charge in [-0.1, -0.05) is 11.6 Å². The lowest BCUT2D eigenvalue weighted by molar-refractivity contribution is 0.193. The fraction of sp³-hybridized carbons (Fsp3) is 0.400. The smallest absolute Gasteiger partial charge is 0.132 e. The molecule has 13 heavy (non-hydrogen) atoms. The van der Waals surface area contributed by atoms with E-state index in [1.165, 1.54) is 6.92 Å². The first-order chi connectivity index (χ1) is 5.95. The molecule has 1 rings (SSSR count). The first-order valence-corrected chi connectivity index (χ1v) is 4.46. The Kier molecular flexibility index (Phi) is 2.94. The van der Waals surface area contributed by atoms with E-state index in [0.29, 0.717) is 21.7 Å². The maximum Gasteiger partial charge on any atom is 0.132 e. The van der Waals surface area contributed by atoms with Crippen molar-refractivity contribution in [2.24, 2.45) is 0 Å². The number of hydrogen-bond donors (Lipinski definition) is 1. The van der Waals surface area contributed by atoms with Gasteiger partial charge in [0.2, 0.25) is 0 Å². The van der Waals surface area contributed by atoms with Crippen LogP contribution in [0.15, 0.2) is 6.07 Å². The summed E-state index contributed by atoms with van der Waals surface area (Å²) in [4.78, 5) is 0. The summed E-state index contributed by atoms with van der Waals surface area (Å²) >= 11 is 5.86. The number of benzene rings is 1. The molecule has 1 nitrogen and oxygen atoms in total. The van der Waals surface area contributed by atoms with E-state index in [1.807, 2.05) is 0 Å². The van der Waals surface area contributed by atoms with Crippen LogP contribution < -0.4 is 0 Å². The third kappa shape index (κ3) is 1.84. The van der Waals surface area contributed by atoms with E-state index in [-0.39, 0.29) is 5.82 Å². The highest BCUT2D eigenvalue weighted by atomic mass is 35.5. The number of hydrogen-bond acceptors (Lipinski definition) is 1. The van der Waals surface area contributed by atoms with Crippen molar-refractivity contribution in [3.63, 3.8) is 0 Å². The Morgan fingerprint density at radius 3 is 2.46 bits per heavy atom. The summed E-state index contributed by atoms with van der Waals surface area (Å²) in [5.41, 5.74) is 1.37. The van der Waals surface area contributed by atoms with Crippen molar-refractivity contribution in [2.45, 2.75) is 26.9 Å². The van der Waals surface area contributed by atoms with Crippen molar-refractivity contribution in [3.8, 4) is 0 Å². The van der Waals surface area contributed by atoms with Gasteiger partial charge in [-0.25, -0.2) is 4.39 Å². The van der Waals surface area contributed by atoms with E-state index in [9.17, 15) is 9.50 Å². The molecule has 0 aliphatic carbocycles. The van der Waals surface area contributed by atoms with Crippen LogP contribution in [0.5, 0.6) is 0 Å². The third-order valence-electron chi connectivity index (χ3n) is 2.11. The molecule has 1 atom stereocenters. The molecule has 3 heteroatoms. The molecule has 0 aromatic heterocycles. The van der Waals surface area contributed by atoms with E-state index in [1.54, 1.807) is 19.9 Å². The second kappa shape index (κ2) is 3.64. The molecule has 0 aliphatic heterocycles. The number of aliphatic hydroxyl groups is 1. The first-order valence-electron chi connectivity index (χ1n) is 4.08. The highest BCUT2D eigenvalue weighted by Gasteiger charge is 2.15. The van der Waals surface area contributed by atoms with Crippen molar-refractivity contribution >= 4 is 11.6 Å². The first kappa shape index (κ1) is 10.5. The largest absolute Gasteiger partial charge is 0.389 e. The van der Waals surface area contributed by atoms with Gasteiger partial charge in [-0.2, -0.15) is 0 Å². The molecule has 1 aromatic carbocycles.